The van der Waals surface area contributed by atoms with Gasteiger partial charge < -0.3 is 15.3 Å². The molecule has 0 spiro atoms. The molecule has 0 bridgehead atoms. The van der Waals surface area contributed by atoms with Gasteiger partial charge in [0.2, 0.25) is 0 Å². The topological polar surface area (TPSA) is 69.6 Å². The van der Waals surface area contributed by atoms with Crippen molar-refractivity contribution in [3.8, 4) is 0 Å². The Morgan fingerprint density at radius 2 is 1.88 bits per heavy atom. The van der Waals surface area contributed by atoms with Gasteiger partial charge in [-0.1, -0.05) is 13.3 Å². The number of carbonyl (C=O) groups is 2. The molecule has 0 aliphatic heterocycles. The fourth-order valence-electron chi connectivity index (χ4n) is 1.43. The lowest BCUT2D eigenvalue weighted by Crippen LogP contribution is -2.48. The maximum Gasteiger partial charge on any atom is 0.323 e. The molecular weight excluding hydrogens is 208 g/mol. The van der Waals surface area contributed by atoms with Crippen molar-refractivity contribution < 1.29 is 14.7 Å². The maximum atomic E-state index is 11.8. The van der Waals surface area contributed by atoms with Crippen LogP contribution < -0.4 is 5.32 Å². The lowest BCUT2D eigenvalue weighted by Gasteiger charge is -2.27. The molecule has 0 aromatic carbocycles. The van der Waals surface area contributed by atoms with E-state index in [0.717, 1.165) is 12.8 Å². The van der Waals surface area contributed by atoms with Crippen LogP contribution in [0.4, 0.5) is 4.79 Å². The summed E-state index contributed by atoms with van der Waals surface area (Å²) < 4.78 is 0. The fourth-order valence-corrected chi connectivity index (χ4v) is 1.43. The number of carbonyl (C=O) groups excluding carboxylic acids is 1. The summed E-state index contributed by atoms with van der Waals surface area (Å²) in [5.41, 5.74) is 0. The quantitative estimate of drug-likeness (QED) is 0.729. The number of rotatable bonds is 6. The highest BCUT2D eigenvalue weighted by molar-refractivity contribution is 5.80. The van der Waals surface area contributed by atoms with Crippen molar-refractivity contribution in [3.05, 3.63) is 0 Å². The van der Waals surface area contributed by atoms with Gasteiger partial charge in [0.15, 0.2) is 0 Å². The van der Waals surface area contributed by atoms with Gasteiger partial charge in [-0.15, -0.1) is 0 Å². The number of hydrogen-bond acceptors (Lipinski definition) is 2. The van der Waals surface area contributed by atoms with Crippen molar-refractivity contribution in [2.24, 2.45) is 0 Å². The molecule has 0 aromatic heterocycles. The van der Waals surface area contributed by atoms with E-state index in [1.54, 1.807) is 13.8 Å². The van der Waals surface area contributed by atoms with E-state index in [1.165, 1.54) is 4.90 Å². The average Bonchev–Trinajstić information content (AvgIpc) is 2.13. The minimum Gasteiger partial charge on any atom is -0.480 e. The van der Waals surface area contributed by atoms with Gasteiger partial charge >= 0.3 is 12.0 Å². The molecule has 0 aliphatic carbocycles. The van der Waals surface area contributed by atoms with Crippen LogP contribution in [0.3, 0.4) is 0 Å². The summed E-state index contributed by atoms with van der Waals surface area (Å²) in [5.74, 6) is -0.994. The number of nitrogens with zero attached hydrogens (tertiary/aromatic N) is 1. The highest BCUT2D eigenvalue weighted by Gasteiger charge is 2.20. The Hall–Kier alpha value is -1.26. The number of amides is 2. The number of carboxylic acids is 1. The Labute approximate surface area is 96.8 Å². The van der Waals surface area contributed by atoms with E-state index in [9.17, 15) is 9.59 Å². The van der Waals surface area contributed by atoms with Crippen LogP contribution in [0, 0.1) is 0 Å². The van der Waals surface area contributed by atoms with Crippen LogP contribution >= 0.6 is 0 Å². The first-order valence-electron chi connectivity index (χ1n) is 5.67. The Morgan fingerprint density at radius 1 is 1.31 bits per heavy atom. The van der Waals surface area contributed by atoms with E-state index >= 15 is 0 Å². The average molecular weight is 230 g/mol. The second-order valence-electron chi connectivity index (χ2n) is 4.25. The van der Waals surface area contributed by atoms with Crippen LogP contribution in [-0.2, 0) is 4.79 Å². The molecule has 94 valence electrons. The SMILES string of the molecule is CCCC(C)NC(=O)N(CC(=O)O)C(C)C. The van der Waals surface area contributed by atoms with Crippen molar-refractivity contribution in [3.63, 3.8) is 0 Å². The lowest BCUT2D eigenvalue weighted by atomic mass is 10.2. The Kier molecular flexibility index (Phi) is 6.53. The standard InChI is InChI=1S/C11H22N2O3/c1-5-6-9(4)12-11(16)13(8(2)3)7-10(14)15/h8-9H,5-7H2,1-4H3,(H,12,16)(H,14,15). The molecule has 16 heavy (non-hydrogen) atoms. The van der Waals surface area contributed by atoms with Crippen LogP contribution in [0.25, 0.3) is 0 Å². The van der Waals surface area contributed by atoms with E-state index < -0.39 is 5.97 Å². The maximum absolute atomic E-state index is 11.8. The van der Waals surface area contributed by atoms with Crippen molar-refractivity contribution >= 4 is 12.0 Å². The third kappa shape index (κ3) is 5.58. The fraction of sp³-hybridized carbons (Fsp3) is 0.818. The number of urea groups is 1. The first-order chi connectivity index (χ1) is 7.38. The molecule has 0 heterocycles. The minimum absolute atomic E-state index is 0.0764. The molecule has 5 nitrogen and oxygen atoms in total. The van der Waals surface area contributed by atoms with Gasteiger partial charge in [-0.3, -0.25) is 4.79 Å². The number of hydrogen-bond donors (Lipinski definition) is 2. The van der Waals surface area contributed by atoms with Gasteiger partial charge in [-0.2, -0.15) is 0 Å². The predicted octanol–water partition coefficient (Wildman–Crippen LogP) is 1.68. The second-order valence-corrected chi connectivity index (χ2v) is 4.25. The molecule has 0 aromatic rings. The second kappa shape index (κ2) is 7.09. The summed E-state index contributed by atoms with van der Waals surface area (Å²) >= 11 is 0. The van der Waals surface area contributed by atoms with E-state index in [2.05, 4.69) is 5.32 Å². The molecule has 2 N–H and O–H groups in total. The van der Waals surface area contributed by atoms with Crippen molar-refractivity contribution in [2.45, 2.75) is 52.6 Å². The zero-order chi connectivity index (χ0) is 12.7. The summed E-state index contributed by atoms with van der Waals surface area (Å²) in [6.07, 6.45) is 1.88. The van der Waals surface area contributed by atoms with E-state index in [4.69, 9.17) is 5.11 Å². The normalized spacial score (nSPS) is 12.3. The summed E-state index contributed by atoms with van der Waals surface area (Å²) in [4.78, 5) is 23.7. The monoisotopic (exact) mass is 230 g/mol. The van der Waals surface area contributed by atoms with Gasteiger partial charge in [0.1, 0.15) is 6.54 Å². The van der Waals surface area contributed by atoms with E-state index in [-0.39, 0.29) is 24.7 Å². The molecule has 0 rings (SSSR count). The third-order valence-electron chi connectivity index (χ3n) is 2.28. The van der Waals surface area contributed by atoms with Gasteiger partial charge in [-0.25, -0.2) is 4.79 Å². The van der Waals surface area contributed by atoms with Crippen LogP contribution in [0.5, 0.6) is 0 Å². The van der Waals surface area contributed by atoms with Crippen molar-refractivity contribution in [2.75, 3.05) is 6.54 Å². The van der Waals surface area contributed by atoms with Gasteiger partial charge in [0.25, 0.3) is 0 Å². The Morgan fingerprint density at radius 3 is 2.25 bits per heavy atom. The van der Waals surface area contributed by atoms with Gasteiger partial charge in [0.05, 0.1) is 0 Å². The molecule has 0 saturated heterocycles. The first kappa shape index (κ1) is 14.7. The van der Waals surface area contributed by atoms with E-state index in [0.29, 0.717) is 0 Å². The van der Waals surface area contributed by atoms with Crippen LogP contribution in [0.15, 0.2) is 0 Å². The zero-order valence-electron chi connectivity index (χ0n) is 10.5. The Balaban J connectivity index is 4.32. The largest absolute Gasteiger partial charge is 0.480 e. The molecule has 2 amide bonds. The van der Waals surface area contributed by atoms with Gasteiger partial charge in [0, 0.05) is 12.1 Å². The highest BCUT2D eigenvalue weighted by atomic mass is 16.4. The molecule has 5 heteroatoms. The van der Waals surface area contributed by atoms with E-state index in [1.807, 2.05) is 13.8 Å². The summed E-state index contributed by atoms with van der Waals surface area (Å²) in [5, 5.41) is 11.5. The highest BCUT2D eigenvalue weighted by Crippen LogP contribution is 2.01. The molecular formula is C11H22N2O3. The summed E-state index contributed by atoms with van der Waals surface area (Å²) in [6, 6.07) is -0.351. The lowest BCUT2D eigenvalue weighted by molar-refractivity contribution is -0.138. The first-order valence-corrected chi connectivity index (χ1v) is 5.67. The zero-order valence-corrected chi connectivity index (χ0v) is 10.5. The van der Waals surface area contributed by atoms with Crippen LogP contribution in [0.2, 0.25) is 0 Å². The summed E-state index contributed by atoms with van der Waals surface area (Å²) in [7, 11) is 0. The van der Waals surface area contributed by atoms with Gasteiger partial charge in [-0.05, 0) is 27.2 Å². The number of aliphatic carboxylic acids is 1. The number of nitrogens with one attached hydrogen (secondary N) is 1. The third-order valence-corrected chi connectivity index (χ3v) is 2.28. The predicted molar refractivity (Wildman–Crippen MR) is 62.4 cm³/mol. The smallest absolute Gasteiger partial charge is 0.323 e. The van der Waals surface area contributed by atoms with Crippen LogP contribution in [-0.4, -0.2) is 40.6 Å². The Bertz CT molecular complexity index is 241. The molecule has 0 aliphatic rings. The molecule has 0 fully saturated rings. The molecule has 0 radical (unpaired) electrons. The number of carboxylic acid groups (broad SMARTS) is 1. The van der Waals surface area contributed by atoms with Crippen molar-refractivity contribution in [1.82, 2.24) is 10.2 Å². The molecule has 0 saturated carbocycles. The van der Waals surface area contributed by atoms with Crippen LogP contribution in [0.1, 0.15) is 40.5 Å². The molecule has 1 atom stereocenters. The van der Waals surface area contributed by atoms with Crippen molar-refractivity contribution in [1.29, 1.82) is 0 Å². The minimum atomic E-state index is -0.994. The molecule has 1 unspecified atom stereocenters. The summed E-state index contributed by atoms with van der Waals surface area (Å²) in [6.45, 7) is 7.29.